The maximum Gasteiger partial charge on any atom is 0.0677 e. The second-order valence-electron chi connectivity index (χ2n) is 6.69. The van der Waals surface area contributed by atoms with Crippen LogP contribution in [0.4, 0.5) is 0 Å². The van der Waals surface area contributed by atoms with Gasteiger partial charge in [-0.05, 0) is 37.6 Å². The summed E-state index contributed by atoms with van der Waals surface area (Å²) >= 11 is 0. The molecule has 0 fully saturated rings. The summed E-state index contributed by atoms with van der Waals surface area (Å²) < 4.78 is 0. The lowest BCUT2D eigenvalue weighted by Gasteiger charge is -2.45. The SMILES string of the molecule is CC[C@H](O)C(c1ccccc1)(c1ccccc1)[C@@H](C)CN(C)C.Cl. The smallest absolute Gasteiger partial charge is 0.0677 e. The van der Waals surface area contributed by atoms with Crippen molar-refractivity contribution < 1.29 is 5.11 Å². The standard InChI is InChI=1S/C21H29NO.ClH/c1-5-20(23)21(17(2)16-22(3)4,18-12-8-6-9-13-18)19-14-10-7-11-15-19;/h6-15,17,20,23H,5,16H2,1-4H3;1H/t17-,20-;/m0./s1. The predicted molar refractivity (Wildman–Crippen MR) is 105 cm³/mol. The van der Waals surface area contributed by atoms with Gasteiger partial charge in [0.25, 0.3) is 0 Å². The van der Waals surface area contributed by atoms with Gasteiger partial charge in [-0.3, -0.25) is 0 Å². The van der Waals surface area contributed by atoms with Gasteiger partial charge in [-0.2, -0.15) is 0 Å². The van der Waals surface area contributed by atoms with E-state index in [-0.39, 0.29) is 18.3 Å². The van der Waals surface area contributed by atoms with Crippen molar-refractivity contribution in [3.63, 3.8) is 0 Å². The van der Waals surface area contributed by atoms with Crippen molar-refractivity contribution in [3.05, 3.63) is 71.8 Å². The van der Waals surface area contributed by atoms with E-state index < -0.39 is 11.5 Å². The maximum atomic E-state index is 11.1. The first-order valence-corrected chi connectivity index (χ1v) is 8.47. The molecule has 2 rings (SSSR count). The molecule has 3 heteroatoms. The fourth-order valence-corrected chi connectivity index (χ4v) is 3.89. The summed E-state index contributed by atoms with van der Waals surface area (Å²) in [4.78, 5) is 2.20. The van der Waals surface area contributed by atoms with E-state index in [9.17, 15) is 5.11 Å². The highest BCUT2D eigenvalue weighted by molar-refractivity contribution is 5.85. The summed E-state index contributed by atoms with van der Waals surface area (Å²) in [5.41, 5.74) is 1.98. The Morgan fingerprint density at radius 2 is 1.33 bits per heavy atom. The van der Waals surface area contributed by atoms with Crippen LogP contribution in [-0.2, 0) is 5.41 Å². The third-order valence-corrected chi connectivity index (χ3v) is 4.83. The van der Waals surface area contributed by atoms with E-state index in [4.69, 9.17) is 0 Å². The fraction of sp³-hybridized carbons (Fsp3) is 0.429. The molecule has 24 heavy (non-hydrogen) atoms. The van der Waals surface area contributed by atoms with Gasteiger partial charge in [0.15, 0.2) is 0 Å². The van der Waals surface area contributed by atoms with E-state index >= 15 is 0 Å². The Hall–Kier alpha value is -1.35. The molecule has 0 bridgehead atoms. The van der Waals surface area contributed by atoms with Gasteiger partial charge in [-0.25, -0.2) is 0 Å². The van der Waals surface area contributed by atoms with Gasteiger partial charge in [0, 0.05) is 12.0 Å². The predicted octanol–water partition coefficient (Wildman–Crippen LogP) is 4.36. The second kappa shape index (κ2) is 9.22. The van der Waals surface area contributed by atoms with E-state index in [0.717, 1.165) is 13.0 Å². The quantitative estimate of drug-likeness (QED) is 0.804. The van der Waals surface area contributed by atoms with Crippen LogP contribution in [0.3, 0.4) is 0 Å². The Morgan fingerprint density at radius 3 is 1.67 bits per heavy atom. The molecule has 0 aliphatic rings. The van der Waals surface area contributed by atoms with Crippen LogP contribution < -0.4 is 0 Å². The summed E-state index contributed by atoms with van der Waals surface area (Å²) in [6, 6.07) is 20.9. The number of aliphatic hydroxyl groups is 1. The summed E-state index contributed by atoms with van der Waals surface area (Å²) in [6.07, 6.45) is 0.295. The number of hydrogen-bond donors (Lipinski definition) is 1. The van der Waals surface area contributed by atoms with E-state index in [2.05, 4.69) is 81.4 Å². The first-order chi connectivity index (χ1) is 11.0. The average molecular weight is 348 g/mol. The minimum absolute atomic E-state index is 0. The molecule has 2 aromatic carbocycles. The molecular formula is C21H30ClNO. The molecule has 0 heterocycles. The van der Waals surface area contributed by atoms with Crippen molar-refractivity contribution >= 4 is 12.4 Å². The number of rotatable bonds is 7. The molecule has 2 nitrogen and oxygen atoms in total. The lowest BCUT2D eigenvalue weighted by molar-refractivity contribution is 0.0580. The summed E-state index contributed by atoms with van der Waals surface area (Å²) in [5.74, 6) is 0.275. The van der Waals surface area contributed by atoms with E-state index in [1.54, 1.807) is 0 Å². The van der Waals surface area contributed by atoms with Gasteiger partial charge in [-0.15, -0.1) is 12.4 Å². The zero-order valence-electron chi connectivity index (χ0n) is 15.1. The molecule has 132 valence electrons. The lowest BCUT2D eigenvalue weighted by atomic mass is 9.62. The van der Waals surface area contributed by atoms with Crippen molar-refractivity contribution in [1.82, 2.24) is 4.90 Å². The number of benzene rings is 2. The van der Waals surface area contributed by atoms with Gasteiger partial charge in [0.2, 0.25) is 0 Å². The Morgan fingerprint density at radius 1 is 0.917 bits per heavy atom. The summed E-state index contributed by atoms with van der Waals surface area (Å²) in [5, 5.41) is 11.1. The van der Waals surface area contributed by atoms with Crippen molar-refractivity contribution in [2.75, 3.05) is 20.6 Å². The molecule has 2 aromatic rings. The van der Waals surface area contributed by atoms with E-state index in [1.165, 1.54) is 11.1 Å². The molecule has 0 saturated heterocycles. The number of aliphatic hydroxyl groups excluding tert-OH is 1. The van der Waals surface area contributed by atoms with Crippen molar-refractivity contribution in [2.24, 2.45) is 5.92 Å². The van der Waals surface area contributed by atoms with Gasteiger partial charge >= 0.3 is 0 Å². The van der Waals surface area contributed by atoms with Crippen LogP contribution in [0.5, 0.6) is 0 Å². The average Bonchev–Trinajstić information content (AvgIpc) is 2.56. The molecule has 0 aliphatic carbocycles. The number of nitrogens with zero attached hydrogens (tertiary/aromatic N) is 1. The topological polar surface area (TPSA) is 23.5 Å². The third-order valence-electron chi connectivity index (χ3n) is 4.83. The molecule has 0 saturated carbocycles. The van der Waals surface area contributed by atoms with Crippen LogP contribution in [0.1, 0.15) is 31.4 Å². The Bertz CT molecular complexity index is 546. The zero-order valence-corrected chi connectivity index (χ0v) is 16.0. The second-order valence-corrected chi connectivity index (χ2v) is 6.69. The van der Waals surface area contributed by atoms with Crippen molar-refractivity contribution in [1.29, 1.82) is 0 Å². The lowest BCUT2D eigenvalue weighted by Crippen LogP contribution is -2.49. The molecular weight excluding hydrogens is 318 g/mol. The minimum atomic E-state index is -0.428. The summed E-state index contributed by atoms with van der Waals surface area (Å²) in [6.45, 7) is 5.23. The first-order valence-electron chi connectivity index (χ1n) is 8.47. The monoisotopic (exact) mass is 347 g/mol. The van der Waals surface area contributed by atoms with Crippen LogP contribution in [-0.4, -0.2) is 36.8 Å². The van der Waals surface area contributed by atoms with Gasteiger partial charge in [-0.1, -0.05) is 74.5 Å². The third kappa shape index (κ3) is 4.00. The molecule has 2 atom stereocenters. The zero-order chi connectivity index (χ0) is 16.9. The molecule has 0 aliphatic heterocycles. The van der Waals surface area contributed by atoms with Gasteiger partial charge in [0.05, 0.1) is 6.10 Å². The van der Waals surface area contributed by atoms with Crippen molar-refractivity contribution in [3.8, 4) is 0 Å². The molecule has 0 unspecified atom stereocenters. The van der Waals surface area contributed by atoms with E-state index in [0.29, 0.717) is 0 Å². The normalized spacial score (nSPS) is 14.1. The molecule has 0 spiro atoms. The highest BCUT2D eigenvalue weighted by atomic mass is 35.5. The van der Waals surface area contributed by atoms with Crippen LogP contribution >= 0.6 is 12.4 Å². The molecule has 0 radical (unpaired) electrons. The highest BCUT2D eigenvalue weighted by Gasteiger charge is 2.45. The Kier molecular flexibility index (Phi) is 7.95. The number of hydrogen-bond acceptors (Lipinski definition) is 2. The van der Waals surface area contributed by atoms with Crippen LogP contribution in [0.2, 0.25) is 0 Å². The Labute approximate surface area is 152 Å². The minimum Gasteiger partial charge on any atom is -0.392 e. The largest absolute Gasteiger partial charge is 0.392 e. The van der Waals surface area contributed by atoms with Crippen LogP contribution in [0, 0.1) is 5.92 Å². The van der Waals surface area contributed by atoms with Crippen LogP contribution in [0.15, 0.2) is 60.7 Å². The molecule has 0 amide bonds. The Balaban J connectivity index is 0.00000288. The first kappa shape index (κ1) is 20.7. The van der Waals surface area contributed by atoms with Crippen molar-refractivity contribution in [2.45, 2.75) is 31.8 Å². The maximum absolute atomic E-state index is 11.1. The summed E-state index contributed by atoms with van der Waals surface area (Å²) in [7, 11) is 4.19. The fourth-order valence-electron chi connectivity index (χ4n) is 3.89. The van der Waals surface area contributed by atoms with Gasteiger partial charge in [0.1, 0.15) is 0 Å². The van der Waals surface area contributed by atoms with E-state index in [1.807, 2.05) is 12.1 Å². The molecule has 0 aromatic heterocycles. The molecule has 1 N–H and O–H groups in total. The van der Waals surface area contributed by atoms with Gasteiger partial charge < -0.3 is 10.0 Å². The highest BCUT2D eigenvalue weighted by Crippen LogP contribution is 2.43. The van der Waals surface area contributed by atoms with Crippen LogP contribution in [0.25, 0.3) is 0 Å². The number of halogens is 1.